The van der Waals surface area contributed by atoms with Gasteiger partial charge in [-0.1, -0.05) is 12.1 Å². The zero-order valence-corrected chi connectivity index (χ0v) is 10.1. The number of para-hydroxylation sites is 1. The van der Waals surface area contributed by atoms with Gasteiger partial charge in [0.1, 0.15) is 5.75 Å². The van der Waals surface area contributed by atoms with E-state index < -0.39 is 0 Å². The normalized spacial score (nSPS) is 10.7. The molecule has 3 rings (SSSR count). The third-order valence-corrected chi connectivity index (χ3v) is 2.99. The highest BCUT2D eigenvalue weighted by Crippen LogP contribution is 2.29. The van der Waals surface area contributed by atoms with Crippen molar-refractivity contribution in [3.8, 4) is 17.1 Å². The number of hydrogen-bond donors (Lipinski definition) is 1. The summed E-state index contributed by atoms with van der Waals surface area (Å²) in [5.41, 5.74) is 2.92. The fourth-order valence-corrected chi connectivity index (χ4v) is 2.08. The molecule has 88 valence electrons. The van der Waals surface area contributed by atoms with Crippen molar-refractivity contribution < 1.29 is 9.52 Å². The van der Waals surface area contributed by atoms with Crippen molar-refractivity contribution in [3.05, 3.63) is 60.2 Å². The summed E-state index contributed by atoms with van der Waals surface area (Å²) in [7, 11) is 0. The first-order chi connectivity index (χ1) is 8.74. The van der Waals surface area contributed by atoms with Crippen molar-refractivity contribution in [1.82, 2.24) is 0 Å². The average molecular weight is 237 g/mol. The van der Waals surface area contributed by atoms with Crippen molar-refractivity contribution >= 4 is 11.0 Å². The van der Waals surface area contributed by atoms with E-state index in [-0.39, 0.29) is 5.75 Å². The van der Waals surface area contributed by atoms with E-state index in [0.717, 1.165) is 27.9 Å². The lowest BCUT2D eigenvalue weighted by Crippen LogP contribution is -1.84. The standard InChI is InChI=1S/C16H12O2/c1-11-10-13-4-2-3-5-15(13)18-16(11)12-6-8-14(17)9-7-12/h2-10H,1H3/p+1. The number of benzene rings is 2. The number of phenols is 1. The van der Waals surface area contributed by atoms with Crippen LogP contribution in [-0.2, 0) is 0 Å². The van der Waals surface area contributed by atoms with E-state index in [1.165, 1.54) is 0 Å². The van der Waals surface area contributed by atoms with Crippen molar-refractivity contribution in [3.63, 3.8) is 0 Å². The summed E-state index contributed by atoms with van der Waals surface area (Å²) in [6.07, 6.45) is 0. The molecule has 1 aromatic heterocycles. The smallest absolute Gasteiger partial charge is 0.363 e. The maximum atomic E-state index is 9.31. The van der Waals surface area contributed by atoms with Crippen LogP contribution in [0.3, 0.4) is 0 Å². The SMILES string of the molecule is Cc1cc2ccccc2[o+]c1-c1ccc(O)cc1. The van der Waals surface area contributed by atoms with Crippen LogP contribution < -0.4 is 0 Å². The predicted molar refractivity (Wildman–Crippen MR) is 72.5 cm³/mol. The second kappa shape index (κ2) is 4.15. The van der Waals surface area contributed by atoms with Crippen molar-refractivity contribution in [2.24, 2.45) is 0 Å². The Hall–Kier alpha value is -2.35. The predicted octanol–water partition coefficient (Wildman–Crippen LogP) is 4.39. The molecular weight excluding hydrogens is 224 g/mol. The van der Waals surface area contributed by atoms with Crippen LogP contribution in [0.25, 0.3) is 22.3 Å². The third kappa shape index (κ3) is 1.82. The lowest BCUT2D eigenvalue weighted by atomic mass is 10.1. The zero-order chi connectivity index (χ0) is 12.5. The van der Waals surface area contributed by atoms with Gasteiger partial charge in [0.25, 0.3) is 0 Å². The van der Waals surface area contributed by atoms with Crippen LogP contribution in [0.15, 0.2) is 59.0 Å². The van der Waals surface area contributed by atoms with Crippen LogP contribution >= 0.6 is 0 Å². The highest BCUT2D eigenvalue weighted by atomic mass is 16.3. The van der Waals surface area contributed by atoms with Gasteiger partial charge in [0.2, 0.25) is 0 Å². The number of aromatic hydroxyl groups is 1. The minimum atomic E-state index is 0.261. The lowest BCUT2D eigenvalue weighted by Gasteiger charge is -1.97. The monoisotopic (exact) mass is 237 g/mol. The minimum Gasteiger partial charge on any atom is -0.508 e. The van der Waals surface area contributed by atoms with Crippen LogP contribution in [0.1, 0.15) is 5.56 Å². The van der Waals surface area contributed by atoms with Crippen LogP contribution in [-0.4, -0.2) is 5.11 Å². The van der Waals surface area contributed by atoms with Gasteiger partial charge in [-0.25, -0.2) is 4.42 Å². The number of aryl methyl sites for hydroxylation is 1. The summed E-state index contributed by atoms with van der Waals surface area (Å²) in [4.78, 5) is 0. The molecule has 1 N–H and O–H groups in total. The van der Waals surface area contributed by atoms with Gasteiger partial charge in [0.05, 0.1) is 16.5 Å². The first kappa shape index (κ1) is 10.8. The van der Waals surface area contributed by atoms with Crippen molar-refractivity contribution in [1.29, 1.82) is 0 Å². The second-order valence-electron chi connectivity index (χ2n) is 4.34. The molecule has 0 bridgehead atoms. The van der Waals surface area contributed by atoms with E-state index >= 15 is 0 Å². The Morgan fingerprint density at radius 1 is 0.944 bits per heavy atom. The molecule has 2 aromatic carbocycles. The Labute approximate surface area is 105 Å². The lowest BCUT2D eigenvalue weighted by molar-refractivity contribution is 0.475. The van der Waals surface area contributed by atoms with Gasteiger partial charge in [-0.3, -0.25) is 0 Å². The molecule has 0 aliphatic carbocycles. The molecule has 0 spiro atoms. The maximum Gasteiger partial charge on any atom is 0.363 e. The molecule has 0 unspecified atom stereocenters. The van der Waals surface area contributed by atoms with Gasteiger partial charge in [-0.2, -0.15) is 0 Å². The van der Waals surface area contributed by atoms with E-state index in [0.29, 0.717) is 0 Å². The Morgan fingerprint density at radius 3 is 2.44 bits per heavy atom. The topological polar surface area (TPSA) is 31.5 Å². The zero-order valence-electron chi connectivity index (χ0n) is 10.1. The molecule has 2 heteroatoms. The second-order valence-corrected chi connectivity index (χ2v) is 4.34. The van der Waals surface area contributed by atoms with Crippen molar-refractivity contribution in [2.75, 3.05) is 0 Å². The van der Waals surface area contributed by atoms with E-state index in [4.69, 9.17) is 4.42 Å². The van der Waals surface area contributed by atoms with Gasteiger partial charge in [0, 0.05) is 6.07 Å². The molecule has 18 heavy (non-hydrogen) atoms. The molecule has 0 aliphatic rings. The molecule has 0 radical (unpaired) electrons. The van der Waals surface area contributed by atoms with Gasteiger partial charge in [-0.15, -0.1) is 0 Å². The summed E-state index contributed by atoms with van der Waals surface area (Å²) >= 11 is 0. The van der Waals surface area contributed by atoms with Crippen LogP contribution in [0.5, 0.6) is 5.75 Å². The Bertz CT molecular complexity index is 700. The first-order valence-corrected chi connectivity index (χ1v) is 5.86. The number of fused-ring (bicyclic) bond motifs is 1. The van der Waals surface area contributed by atoms with Crippen LogP contribution in [0, 0.1) is 6.92 Å². The van der Waals surface area contributed by atoms with E-state index in [1.807, 2.05) is 43.3 Å². The molecule has 0 amide bonds. The quantitative estimate of drug-likeness (QED) is 0.636. The average Bonchev–Trinajstić information content (AvgIpc) is 2.39. The fourth-order valence-electron chi connectivity index (χ4n) is 2.08. The molecule has 0 atom stereocenters. The third-order valence-electron chi connectivity index (χ3n) is 2.99. The molecule has 0 saturated heterocycles. The maximum absolute atomic E-state index is 9.31. The number of phenolic OH excluding ortho intramolecular Hbond substituents is 1. The van der Waals surface area contributed by atoms with E-state index in [1.54, 1.807) is 12.1 Å². The minimum absolute atomic E-state index is 0.261. The van der Waals surface area contributed by atoms with E-state index in [9.17, 15) is 5.11 Å². The van der Waals surface area contributed by atoms with Gasteiger partial charge < -0.3 is 5.11 Å². The highest BCUT2D eigenvalue weighted by molar-refractivity contribution is 5.80. The molecule has 0 aliphatic heterocycles. The Kier molecular flexibility index (Phi) is 2.49. The summed E-state index contributed by atoms with van der Waals surface area (Å²) in [5, 5.41) is 10.4. The first-order valence-electron chi connectivity index (χ1n) is 5.86. The molecule has 1 heterocycles. The molecule has 0 fully saturated rings. The molecule has 0 saturated carbocycles. The summed E-state index contributed by atoms with van der Waals surface area (Å²) in [6.45, 7) is 2.03. The van der Waals surface area contributed by atoms with Crippen LogP contribution in [0.2, 0.25) is 0 Å². The Morgan fingerprint density at radius 2 is 1.67 bits per heavy atom. The van der Waals surface area contributed by atoms with Crippen LogP contribution in [0.4, 0.5) is 0 Å². The summed E-state index contributed by atoms with van der Waals surface area (Å²) in [6, 6.07) is 17.1. The fraction of sp³-hybridized carbons (Fsp3) is 0.0625. The Balaban J connectivity index is 2.22. The number of rotatable bonds is 1. The summed E-state index contributed by atoms with van der Waals surface area (Å²) < 4.78 is 5.94. The highest BCUT2D eigenvalue weighted by Gasteiger charge is 2.18. The largest absolute Gasteiger partial charge is 0.508 e. The van der Waals surface area contributed by atoms with Gasteiger partial charge in [0.15, 0.2) is 0 Å². The van der Waals surface area contributed by atoms with Gasteiger partial charge in [-0.05, 0) is 43.3 Å². The summed E-state index contributed by atoms with van der Waals surface area (Å²) in [5.74, 6) is 1.10. The molecule has 3 aromatic rings. The van der Waals surface area contributed by atoms with E-state index in [2.05, 4.69) is 6.07 Å². The molecule has 2 nitrogen and oxygen atoms in total. The van der Waals surface area contributed by atoms with Crippen molar-refractivity contribution in [2.45, 2.75) is 6.92 Å². The number of hydrogen-bond acceptors (Lipinski definition) is 1. The molecular formula is C16H13O2+. The van der Waals surface area contributed by atoms with Gasteiger partial charge >= 0.3 is 11.3 Å².